The van der Waals surface area contributed by atoms with Crippen molar-refractivity contribution in [2.24, 2.45) is 5.73 Å². The monoisotopic (exact) mass is 252 g/mol. The Balaban J connectivity index is 2.32. The molecule has 2 rings (SSSR count). The molecule has 1 aromatic carbocycles. The van der Waals surface area contributed by atoms with Crippen molar-refractivity contribution >= 4 is 17.3 Å². The van der Waals surface area contributed by atoms with Crippen molar-refractivity contribution in [3.05, 3.63) is 28.8 Å². The third-order valence-corrected chi connectivity index (χ3v) is 4.07. The van der Waals surface area contributed by atoms with Gasteiger partial charge in [-0.1, -0.05) is 30.5 Å². The van der Waals surface area contributed by atoms with Crippen LogP contribution in [0.25, 0.3) is 0 Å². The lowest BCUT2D eigenvalue weighted by atomic mass is 10.1. The average molecular weight is 253 g/mol. The molecule has 0 radical (unpaired) electrons. The summed E-state index contributed by atoms with van der Waals surface area (Å²) in [4.78, 5) is 2.47. The molecule has 0 unspecified atom stereocenters. The zero-order chi connectivity index (χ0) is 12.3. The number of anilines is 1. The molecule has 0 atom stereocenters. The van der Waals surface area contributed by atoms with Gasteiger partial charge in [0, 0.05) is 35.4 Å². The van der Waals surface area contributed by atoms with Crippen LogP contribution in [0.15, 0.2) is 18.2 Å². The Kier molecular flexibility index (Phi) is 4.30. The second-order valence-corrected chi connectivity index (χ2v) is 5.07. The highest BCUT2D eigenvalue weighted by molar-refractivity contribution is 6.31. The maximum atomic E-state index is 6.23. The van der Waals surface area contributed by atoms with Gasteiger partial charge in [0.1, 0.15) is 0 Å². The summed E-state index contributed by atoms with van der Waals surface area (Å²) < 4.78 is 0. The van der Waals surface area contributed by atoms with Crippen molar-refractivity contribution in [3.8, 4) is 0 Å². The number of hydrogen-bond donors (Lipinski definition) is 1. The smallest absolute Gasteiger partial charge is 0.0471 e. The lowest BCUT2D eigenvalue weighted by Crippen LogP contribution is -2.34. The summed E-state index contributed by atoms with van der Waals surface area (Å²) in [6.45, 7) is 3.75. The molecule has 1 fully saturated rings. The number of halogens is 1. The third kappa shape index (κ3) is 2.58. The van der Waals surface area contributed by atoms with Crippen molar-refractivity contribution in [3.63, 3.8) is 0 Å². The maximum absolute atomic E-state index is 6.23. The van der Waals surface area contributed by atoms with Gasteiger partial charge in [-0.05, 0) is 31.9 Å². The van der Waals surface area contributed by atoms with E-state index in [1.807, 2.05) is 12.1 Å². The molecule has 0 aliphatic heterocycles. The van der Waals surface area contributed by atoms with Gasteiger partial charge in [-0.15, -0.1) is 0 Å². The van der Waals surface area contributed by atoms with E-state index in [0.717, 1.165) is 17.1 Å². The Morgan fingerprint density at radius 3 is 2.65 bits per heavy atom. The van der Waals surface area contributed by atoms with E-state index in [1.54, 1.807) is 0 Å². The molecule has 2 N–H and O–H groups in total. The second-order valence-electron chi connectivity index (χ2n) is 4.67. The van der Waals surface area contributed by atoms with E-state index in [0.29, 0.717) is 12.6 Å². The van der Waals surface area contributed by atoms with Gasteiger partial charge in [0.15, 0.2) is 0 Å². The van der Waals surface area contributed by atoms with Crippen molar-refractivity contribution in [1.82, 2.24) is 0 Å². The van der Waals surface area contributed by atoms with Crippen LogP contribution in [0.2, 0.25) is 5.02 Å². The van der Waals surface area contributed by atoms with Crippen LogP contribution in [0, 0.1) is 0 Å². The Hall–Kier alpha value is -0.730. The second kappa shape index (κ2) is 5.74. The molecule has 94 valence electrons. The van der Waals surface area contributed by atoms with E-state index in [9.17, 15) is 0 Å². The molecule has 2 nitrogen and oxygen atoms in total. The van der Waals surface area contributed by atoms with Gasteiger partial charge in [0.25, 0.3) is 0 Å². The first kappa shape index (κ1) is 12.7. The molecule has 0 amide bonds. The molecule has 17 heavy (non-hydrogen) atoms. The summed E-state index contributed by atoms with van der Waals surface area (Å²) in [5, 5.41) is 0.793. The highest BCUT2D eigenvalue weighted by Crippen LogP contribution is 2.33. The Labute approximate surface area is 109 Å². The molecule has 0 saturated heterocycles. The predicted octanol–water partition coefficient (Wildman–Crippen LogP) is 3.57. The summed E-state index contributed by atoms with van der Waals surface area (Å²) in [5.74, 6) is 0. The van der Waals surface area contributed by atoms with Gasteiger partial charge in [0.2, 0.25) is 0 Å². The summed E-state index contributed by atoms with van der Waals surface area (Å²) in [7, 11) is 0. The van der Waals surface area contributed by atoms with E-state index in [4.69, 9.17) is 17.3 Å². The first-order valence-electron chi connectivity index (χ1n) is 6.52. The van der Waals surface area contributed by atoms with Crippen LogP contribution in [-0.2, 0) is 6.54 Å². The van der Waals surface area contributed by atoms with Gasteiger partial charge >= 0.3 is 0 Å². The first-order chi connectivity index (χ1) is 8.27. The highest BCUT2D eigenvalue weighted by atomic mass is 35.5. The predicted molar refractivity (Wildman–Crippen MR) is 74.6 cm³/mol. The maximum Gasteiger partial charge on any atom is 0.0471 e. The molecule has 0 bridgehead atoms. The van der Waals surface area contributed by atoms with E-state index in [2.05, 4.69) is 17.9 Å². The van der Waals surface area contributed by atoms with Crippen LogP contribution in [0.3, 0.4) is 0 Å². The minimum Gasteiger partial charge on any atom is -0.369 e. The van der Waals surface area contributed by atoms with E-state index in [1.165, 1.54) is 31.4 Å². The standard InChI is InChI=1S/C14H21ClN2/c1-2-17(11-6-3-4-7-11)14-9-5-8-13(15)12(14)10-16/h5,8-9,11H,2-4,6-7,10,16H2,1H3. The normalized spacial score (nSPS) is 16.4. The number of nitrogens with zero attached hydrogens (tertiary/aromatic N) is 1. The summed E-state index contributed by atoms with van der Waals surface area (Å²) in [5.41, 5.74) is 8.15. The molecule has 0 aromatic heterocycles. The van der Waals surface area contributed by atoms with Crippen molar-refractivity contribution < 1.29 is 0 Å². The van der Waals surface area contributed by atoms with E-state index < -0.39 is 0 Å². The van der Waals surface area contributed by atoms with Gasteiger partial charge in [-0.3, -0.25) is 0 Å². The lowest BCUT2D eigenvalue weighted by Gasteiger charge is -2.32. The Morgan fingerprint density at radius 2 is 2.06 bits per heavy atom. The molecule has 1 aromatic rings. The van der Waals surface area contributed by atoms with Crippen molar-refractivity contribution in [1.29, 1.82) is 0 Å². The van der Waals surface area contributed by atoms with Gasteiger partial charge in [-0.25, -0.2) is 0 Å². The summed E-state index contributed by atoms with van der Waals surface area (Å²) in [6.07, 6.45) is 5.29. The summed E-state index contributed by atoms with van der Waals surface area (Å²) in [6, 6.07) is 6.77. The van der Waals surface area contributed by atoms with Crippen LogP contribution >= 0.6 is 11.6 Å². The molecule has 1 aliphatic rings. The fraction of sp³-hybridized carbons (Fsp3) is 0.571. The van der Waals surface area contributed by atoms with Crippen LogP contribution < -0.4 is 10.6 Å². The van der Waals surface area contributed by atoms with E-state index >= 15 is 0 Å². The molecule has 0 heterocycles. The first-order valence-corrected chi connectivity index (χ1v) is 6.89. The van der Waals surface area contributed by atoms with Crippen molar-refractivity contribution in [2.45, 2.75) is 45.2 Å². The topological polar surface area (TPSA) is 29.3 Å². The quantitative estimate of drug-likeness (QED) is 0.888. The Morgan fingerprint density at radius 1 is 1.35 bits per heavy atom. The zero-order valence-electron chi connectivity index (χ0n) is 10.5. The minimum absolute atomic E-state index is 0.512. The van der Waals surface area contributed by atoms with Crippen LogP contribution in [0.5, 0.6) is 0 Å². The van der Waals surface area contributed by atoms with Gasteiger partial charge in [0.05, 0.1) is 0 Å². The highest BCUT2D eigenvalue weighted by Gasteiger charge is 2.23. The largest absolute Gasteiger partial charge is 0.369 e. The number of hydrogen-bond acceptors (Lipinski definition) is 2. The fourth-order valence-electron chi connectivity index (χ4n) is 2.86. The van der Waals surface area contributed by atoms with Gasteiger partial charge < -0.3 is 10.6 Å². The molecular weight excluding hydrogens is 232 g/mol. The minimum atomic E-state index is 0.512. The molecule has 3 heteroatoms. The van der Waals surface area contributed by atoms with Crippen LogP contribution in [0.1, 0.15) is 38.2 Å². The van der Waals surface area contributed by atoms with Crippen LogP contribution in [-0.4, -0.2) is 12.6 Å². The van der Waals surface area contributed by atoms with Crippen LogP contribution in [0.4, 0.5) is 5.69 Å². The SMILES string of the molecule is CCN(c1cccc(Cl)c1CN)C1CCCC1. The average Bonchev–Trinajstić information content (AvgIpc) is 2.84. The molecule has 1 aliphatic carbocycles. The number of benzene rings is 1. The molecule has 0 spiro atoms. The summed E-state index contributed by atoms with van der Waals surface area (Å²) >= 11 is 6.23. The fourth-order valence-corrected chi connectivity index (χ4v) is 3.11. The lowest BCUT2D eigenvalue weighted by molar-refractivity contribution is 0.617. The van der Waals surface area contributed by atoms with Crippen molar-refractivity contribution in [2.75, 3.05) is 11.4 Å². The van der Waals surface area contributed by atoms with Gasteiger partial charge in [-0.2, -0.15) is 0 Å². The van der Waals surface area contributed by atoms with E-state index in [-0.39, 0.29) is 0 Å². The molecule has 1 saturated carbocycles. The number of rotatable bonds is 4. The molecular formula is C14H21ClN2. The Bertz CT molecular complexity index is 372. The third-order valence-electron chi connectivity index (χ3n) is 3.71. The number of nitrogens with two attached hydrogens (primary N) is 1. The zero-order valence-corrected chi connectivity index (χ0v) is 11.2.